The summed E-state index contributed by atoms with van der Waals surface area (Å²) in [5.41, 5.74) is 6.66. The summed E-state index contributed by atoms with van der Waals surface area (Å²) in [4.78, 5) is 11.7. The SMILES string of the molecule is CC(C)(C)NC(=O)Nc1c(Br)cc(N)cc1Br. The summed E-state index contributed by atoms with van der Waals surface area (Å²) in [6.45, 7) is 5.75. The number of anilines is 2. The van der Waals surface area contributed by atoms with E-state index >= 15 is 0 Å². The lowest BCUT2D eigenvalue weighted by atomic mass is 10.1. The second kappa shape index (κ2) is 5.27. The predicted octanol–water partition coefficient (Wildman–Crippen LogP) is 3.71. The molecule has 0 aliphatic rings. The molecule has 1 aromatic carbocycles. The summed E-state index contributed by atoms with van der Waals surface area (Å²) in [6.07, 6.45) is 0. The third kappa shape index (κ3) is 4.55. The third-order valence-electron chi connectivity index (χ3n) is 1.79. The van der Waals surface area contributed by atoms with E-state index in [4.69, 9.17) is 5.73 Å². The Morgan fingerprint density at radius 3 is 2.12 bits per heavy atom. The van der Waals surface area contributed by atoms with Crippen LogP contribution in [0.5, 0.6) is 0 Å². The zero-order valence-corrected chi connectivity index (χ0v) is 13.1. The van der Waals surface area contributed by atoms with Gasteiger partial charge in [-0.3, -0.25) is 0 Å². The largest absolute Gasteiger partial charge is 0.399 e. The lowest BCUT2D eigenvalue weighted by Gasteiger charge is -2.21. The maximum Gasteiger partial charge on any atom is 0.319 e. The van der Waals surface area contributed by atoms with Crippen molar-refractivity contribution in [2.75, 3.05) is 11.1 Å². The van der Waals surface area contributed by atoms with Crippen molar-refractivity contribution in [2.24, 2.45) is 0 Å². The van der Waals surface area contributed by atoms with Gasteiger partial charge in [0.25, 0.3) is 0 Å². The Labute approximate surface area is 118 Å². The van der Waals surface area contributed by atoms with Gasteiger partial charge >= 0.3 is 6.03 Å². The molecule has 0 unspecified atom stereocenters. The van der Waals surface area contributed by atoms with Crippen molar-refractivity contribution in [3.05, 3.63) is 21.1 Å². The van der Waals surface area contributed by atoms with Crippen LogP contribution in [-0.2, 0) is 0 Å². The van der Waals surface area contributed by atoms with Crippen LogP contribution in [0.2, 0.25) is 0 Å². The average Bonchev–Trinajstić information content (AvgIpc) is 2.08. The summed E-state index contributed by atoms with van der Waals surface area (Å²) in [5, 5.41) is 5.58. The van der Waals surface area contributed by atoms with Crippen LogP contribution in [0.1, 0.15) is 20.8 Å². The van der Waals surface area contributed by atoms with E-state index < -0.39 is 0 Å². The fourth-order valence-electron chi connectivity index (χ4n) is 1.20. The van der Waals surface area contributed by atoms with Gasteiger partial charge in [-0.1, -0.05) is 0 Å². The molecule has 0 aliphatic carbocycles. The molecule has 94 valence electrons. The number of carbonyl (C=O) groups is 1. The number of urea groups is 1. The van der Waals surface area contributed by atoms with Gasteiger partial charge in [0.1, 0.15) is 0 Å². The van der Waals surface area contributed by atoms with Gasteiger partial charge in [0.15, 0.2) is 0 Å². The summed E-state index contributed by atoms with van der Waals surface area (Å²) in [6, 6.07) is 3.21. The van der Waals surface area contributed by atoms with E-state index in [0.29, 0.717) is 11.4 Å². The topological polar surface area (TPSA) is 67.2 Å². The van der Waals surface area contributed by atoms with Crippen LogP contribution in [-0.4, -0.2) is 11.6 Å². The quantitative estimate of drug-likeness (QED) is 0.665. The standard InChI is InChI=1S/C11H15Br2N3O/c1-11(2,3)16-10(17)15-9-7(12)4-6(14)5-8(9)13/h4-5H,14H2,1-3H3,(H2,15,16,17). The lowest BCUT2D eigenvalue weighted by Crippen LogP contribution is -2.43. The van der Waals surface area contributed by atoms with E-state index in [9.17, 15) is 4.79 Å². The van der Waals surface area contributed by atoms with Gasteiger partial charge in [-0.2, -0.15) is 0 Å². The van der Waals surface area contributed by atoms with Crippen molar-refractivity contribution in [3.8, 4) is 0 Å². The highest BCUT2D eigenvalue weighted by molar-refractivity contribution is 9.11. The Morgan fingerprint density at radius 2 is 1.71 bits per heavy atom. The van der Waals surface area contributed by atoms with Crippen molar-refractivity contribution in [1.29, 1.82) is 0 Å². The zero-order chi connectivity index (χ0) is 13.2. The first kappa shape index (κ1) is 14.3. The van der Waals surface area contributed by atoms with Crippen molar-refractivity contribution in [3.63, 3.8) is 0 Å². The zero-order valence-electron chi connectivity index (χ0n) is 9.90. The Balaban J connectivity index is 2.86. The molecule has 4 nitrogen and oxygen atoms in total. The molecule has 0 radical (unpaired) electrons. The van der Waals surface area contributed by atoms with Crippen LogP contribution >= 0.6 is 31.9 Å². The van der Waals surface area contributed by atoms with E-state index in [1.54, 1.807) is 12.1 Å². The highest BCUT2D eigenvalue weighted by Gasteiger charge is 2.15. The molecule has 0 saturated heterocycles. The molecule has 6 heteroatoms. The Morgan fingerprint density at radius 1 is 1.24 bits per heavy atom. The number of carbonyl (C=O) groups excluding carboxylic acids is 1. The molecule has 0 aromatic heterocycles. The van der Waals surface area contributed by atoms with Crippen LogP contribution in [0, 0.1) is 0 Å². The first-order valence-electron chi connectivity index (χ1n) is 5.03. The molecule has 4 N–H and O–H groups in total. The Bertz CT molecular complexity index is 418. The summed E-state index contributed by atoms with van der Waals surface area (Å²) in [7, 11) is 0. The molecule has 0 fully saturated rings. The molecule has 1 aromatic rings. The normalized spacial score (nSPS) is 11.1. The van der Waals surface area contributed by atoms with Gasteiger partial charge in [-0.15, -0.1) is 0 Å². The monoisotopic (exact) mass is 363 g/mol. The van der Waals surface area contributed by atoms with Crippen LogP contribution in [0.3, 0.4) is 0 Å². The van der Waals surface area contributed by atoms with Crippen molar-refractivity contribution < 1.29 is 4.79 Å². The maximum absolute atomic E-state index is 11.7. The Kier molecular flexibility index (Phi) is 4.43. The first-order chi connectivity index (χ1) is 7.69. The second-order valence-corrected chi connectivity index (χ2v) is 6.40. The molecule has 0 atom stereocenters. The van der Waals surface area contributed by atoms with E-state index in [-0.39, 0.29) is 11.6 Å². The minimum absolute atomic E-state index is 0.260. The van der Waals surface area contributed by atoms with Gasteiger partial charge < -0.3 is 16.4 Å². The predicted molar refractivity (Wildman–Crippen MR) is 78.2 cm³/mol. The molecular formula is C11H15Br2N3O. The second-order valence-electron chi connectivity index (χ2n) is 4.69. The molecular weight excluding hydrogens is 350 g/mol. The average molecular weight is 365 g/mol. The van der Waals surface area contributed by atoms with Crippen molar-refractivity contribution >= 4 is 49.3 Å². The van der Waals surface area contributed by atoms with Gasteiger partial charge in [-0.25, -0.2) is 4.79 Å². The van der Waals surface area contributed by atoms with E-state index in [0.717, 1.165) is 8.95 Å². The number of nitrogens with one attached hydrogen (secondary N) is 2. The summed E-state index contributed by atoms with van der Waals surface area (Å²) >= 11 is 6.71. The minimum atomic E-state index is -0.281. The molecule has 0 saturated carbocycles. The number of nitrogens with two attached hydrogens (primary N) is 1. The van der Waals surface area contributed by atoms with Gasteiger partial charge in [0, 0.05) is 20.2 Å². The van der Waals surface area contributed by atoms with Gasteiger partial charge in [0.05, 0.1) is 5.69 Å². The smallest absolute Gasteiger partial charge is 0.319 e. The molecule has 2 amide bonds. The third-order valence-corrected chi connectivity index (χ3v) is 3.04. The fourth-order valence-corrected chi connectivity index (χ4v) is 2.62. The first-order valence-corrected chi connectivity index (χ1v) is 6.61. The van der Waals surface area contributed by atoms with Crippen LogP contribution in [0.15, 0.2) is 21.1 Å². The van der Waals surface area contributed by atoms with E-state index in [1.807, 2.05) is 20.8 Å². The van der Waals surface area contributed by atoms with E-state index in [1.165, 1.54) is 0 Å². The number of benzene rings is 1. The molecule has 1 rings (SSSR count). The van der Waals surface area contributed by atoms with Crippen molar-refractivity contribution in [1.82, 2.24) is 5.32 Å². The van der Waals surface area contributed by atoms with Crippen LogP contribution in [0.25, 0.3) is 0 Å². The Hall–Kier alpha value is -0.750. The molecule has 0 heterocycles. The number of hydrogen-bond acceptors (Lipinski definition) is 2. The van der Waals surface area contributed by atoms with Gasteiger partial charge in [-0.05, 0) is 64.8 Å². The van der Waals surface area contributed by atoms with Crippen LogP contribution < -0.4 is 16.4 Å². The molecule has 0 spiro atoms. The molecule has 17 heavy (non-hydrogen) atoms. The van der Waals surface area contributed by atoms with Crippen molar-refractivity contribution in [2.45, 2.75) is 26.3 Å². The maximum atomic E-state index is 11.7. The highest BCUT2D eigenvalue weighted by Crippen LogP contribution is 2.33. The van der Waals surface area contributed by atoms with Gasteiger partial charge in [0.2, 0.25) is 0 Å². The van der Waals surface area contributed by atoms with E-state index in [2.05, 4.69) is 42.5 Å². The molecule has 0 aliphatic heterocycles. The number of rotatable bonds is 1. The summed E-state index contributed by atoms with van der Waals surface area (Å²) in [5.74, 6) is 0. The number of halogens is 2. The fraction of sp³-hybridized carbons (Fsp3) is 0.364. The number of hydrogen-bond donors (Lipinski definition) is 3. The minimum Gasteiger partial charge on any atom is -0.399 e. The summed E-state index contributed by atoms with van der Waals surface area (Å²) < 4.78 is 1.46. The highest BCUT2D eigenvalue weighted by atomic mass is 79.9. The van der Waals surface area contributed by atoms with Crippen LogP contribution in [0.4, 0.5) is 16.2 Å². The number of amides is 2. The molecule has 0 bridgehead atoms. The lowest BCUT2D eigenvalue weighted by molar-refractivity contribution is 0.244. The number of nitrogen functional groups attached to an aromatic ring is 1.